The average Bonchev–Trinajstić information content (AvgIpc) is 2.48. The molecule has 1 aromatic rings. The number of nitrogens with one attached hydrogen (secondary N) is 2. The molecule has 1 aromatic carbocycles. The molecule has 1 fully saturated rings. The molecule has 21 heavy (non-hydrogen) atoms. The van der Waals surface area contributed by atoms with Crippen molar-refractivity contribution in [2.24, 2.45) is 5.92 Å². The summed E-state index contributed by atoms with van der Waals surface area (Å²) in [6.07, 6.45) is 1.84. The number of hydrogen-bond donors (Lipinski definition) is 2. The van der Waals surface area contributed by atoms with Gasteiger partial charge in [-0.1, -0.05) is 30.3 Å². The van der Waals surface area contributed by atoms with Gasteiger partial charge in [-0.3, -0.25) is 0 Å². The standard InChI is InChI=1S/C15H25N3O2S/c1-13(15-6-4-3-5-7-15)17-21(19,20)18-10-8-14(9-11-18)12-16-2/h3-7,13-14,16-17H,8-12H2,1-2H3. The van der Waals surface area contributed by atoms with E-state index in [0.29, 0.717) is 19.0 Å². The van der Waals surface area contributed by atoms with Crippen molar-refractivity contribution in [1.82, 2.24) is 14.3 Å². The zero-order chi connectivity index (χ0) is 15.3. The van der Waals surface area contributed by atoms with Gasteiger partial charge in [0, 0.05) is 19.1 Å². The molecular formula is C15H25N3O2S. The molecule has 1 aliphatic rings. The van der Waals surface area contributed by atoms with Gasteiger partial charge in [-0.05, 0) is 44.8 Å². The summed E-state index contributed by atoms with van der Waals surface area (Å²) in [5.41, 5.74) is 0.978. The molecule has 0 bridgehead atoms. The van der Waals surface area contributed by atoms with Crippen LogP contribution in [0.2, 0.25) is 0 Å². The van der Waals surface area contributed by atoms with Crippen LogP contribution in [-0.2, 0) is 10.2 Å². The Morgan fingerprint density at radius 1 is 1.24 bits per heavy atom. The molecule has 0 aromatic heterocycles. The van der Waals surface area contributed by atoms with Gasteiger partial charge in [-0.25, -0.2) is 0 Å². The molecule has 0 radical (unpaired) electrons. The second-order valence-electron chi connectivity index (χ2n) is 5.66. The first kappa shape index (κ1) is 16.4. The number of piperidine rings is 1. The van der Waals surface area contributed by atoms with Crippen LogP contribution in [0.4, 0.5) is 0 Å². The van der Waals surface area contributed by atoms with Crippen LogP contribution in [0.1, 0.15) is 31.4 Å². The summed E-state index contributed by atoms with van der Waals surface area (Å²) < 4.78 is 29.2. The van der Waals surface area contributed by atoms with Gasteiger partial charge in [0.25, 0.3) is 10.2 Å². The van der Waals surface area contributed by atoms with E-state index in [1.807, 2.05) is 44.3 Å². The minimum Gasteiger partial charge on any atom is -0.319 e. The summed E-state index contributed by atoms with van der Waals surface area (Å²) in [7, 11) is -1.47. The highest BCUT2D eigenvalue weighted by atomic mass is 32.2. The van der Waals surface area contributed by atoms with Gasteiger partial charge < -0.3 is 5.32 Å². The Kier molecular flexibility index (Phi) is 5.75. The van der Waals surface area contributed by atoms with Crippen LogP contribution in [0.3, 0.4) is 0 Å². The summed E-state index contributed by atoms with van der Waals surface area (Å²) >= 11 is 0. The van der Waals surface area contributed by atoms with Crippen molar-refractivity contribution >= 4 is 10.2 Å². The highest BCUT2D eigenvalue weighted by Crippen LogP contribution is 2.20. The van der Waals surface area contributed by atoms with E-state index in [0.717, 1.165) is 24.9 Å². The highest BCUT2D eigenvalue weighted by Gasteiger charge is 2.28. The van der Waals surface area contributed by atoms with Gasteiger partial charge in [-0.15, -0.1) is 0 Å². The van der Waals surface area contributed by atoms with Crippen LogP contribution < -0.4 is 10.0 Å². The average molecular weight is 311 g/mol. The molecule has 1 atom stereocenters. The largest absolute Gasteiger partial charge is 0.319 e. The van der Waals surface area contributed by atoms with Gasteiger partial charge in [0.1, 0.15) is 0 Å². The normalized spacial score (nSPS) is 19.5. The Morgan fingerprint density at radius 2 is 1.86 bits per heavy atom. The van der Waals surface area contributed by atoms with E-state index in [9.17, 15) is 8.42 Å². The molecule has 0 saturated carbocycles. The van der Waals surface area contributed by atoms with E-state index in [1.54, 1.807) is 4.31 Å². The Labute approximate surface area is 127 Å². The lowest BCUT2D eigenvalue weighted by Gasteiger charge is -2.32. The molecule has 1 aliphatic heterocycles. The van der Waals surface area contributed by atoms with Crippen molar-refractivity contribution < 1.29 is 8.42 Å². The molecule has 2 rings (SSSR count). The quantitative estimate of drug-likeness (QED) is 0.837. The number of rotatable bonds is 6. The zero-order valence-corrected chi connectivity index (χ0v) is 13.6. The third-order valence-electron chi connectivity index (χ3n) is 4.03. The molecule has 0 spiro atoms. The van der Waals surface area contributed by atoms with E-state index >= 15 is 0 Å². The molecule has 1 unspecified atom stereocenters. The molecule has 5 nitrogen and oxygen atoms in total. The van der Waals surface area contributed by atoms with Crippen LogP contribution in [0, 0.1) is 5.92 Å². The first-order chi connectivity index (χ1) is 10.0. The van der Waals surface area contributed by atoms with E-state index < -0.39 is 10.2 Å². The second-order valence-corrected chi connectivity index (χ2v) is 7.36. The summed E-state index contributed by atoms with van der Waals surface area (Å²) in [4.78, 5) is 0. The van der Waals surface area contributed by atoms with Crippen molar-refractivity contribution in [2.75, 3.05) is 26.7 Å². The van der Waals surface area contributed by atoms with Gasteiger partial charge >= 0.3 is 0 Å². The van der Waals surface area contributed by atoms with E-state index in [1.165, 1.54) is 0 Å². The molecule has 118 valence electrons. The Morgan fingerprint density at radius 3 is 2.43 bits per heavy atom. The fraction of sp³-hybridized carbons (Fsp3) is 0.600. The first-order valence-electron chi connectivity index (χ1n) is 7.50. The zero-order valence-electron chi connectivity index (χ0n) is 12.7. The van der Waals surface area contributed by atoms with Crippen LogP contribution >= 0.6 is 0 Å². The molecule has 6 heteroatoms. The number of nitrogens with zero attached hydrogens (tertiary/aromatic N) is 1. The maximum atomic E-state index is 12.4. The monoisotopic (exact) mass is 311 g/mol. The van der Waals surface area contributed by atoms with Crippen molar-refractivity contribution in [1.29, 1.82) is 0 Å². The molecule has 1 heterocycles. The summed E-state index contributed by atoms with van der Waals surface area (Å²) in [5.74, 6) is 0.577. The van der Waals surface area contributed by atoms with E-state index in [-0.39, 0.29) is 6.04 Å². The maximum absolute atomic E-state index is 12.4. The molecule has 0 amide bonds. The van der Waals surface area contributed by atoms with Crippen molar-refractivity contribution in [3.05, 3.63) is 35.9 Å². The Balaban J connectivity index is 1.93. The fourth-order valence-electron chi connectivity index (χ4n) is 2.75. The molecular weight excluding hydrogens is 286 g/mol. The van der Waals surface area contributed by atoms with E-state index in [4.69, 9.17) is 0 Å². The minimum absolute atomic E-state index is 0.216. The fourth-order valence-corrected chi connectivity index (χ4v) is 4.17. The van der Waals surface area contributed by atoms with Crippen LogP contribution in [0.15, 0.2) is 30.3 Å². The number of benzene rings is 1. The summed E-state index contributed by atoms with van der Waals surface area (Å²) in [6.45, 7) is 4.04. The van der Waals surface area contributed by atoms with Crippen molar-refractivity contribution in [2.45, 2.75) is 25.8 Å². The topological polar surface area (TPSA) is 61.4 Å². The van der Waals surface area contributed by atoms with E-state index in [2.05, 4.69) is 10.0 Å². The number of hydrogen-bond acceptors (Lipinski definition) is 3. The lowest BCUT2D eigenvalue weighted by Crippen LogP contribution is -2.46. The third-order valence-corrected chi connectivity index (χ3v) is 5.73. The summed E-state index contributed by atoms with van der Waals surface area (Å²) in [5, 5.41) is 3.16. The maximum Gasteiger partial charge on any atom is 0.279 e. The predicted molar refractivity (Wildman–Crippen MR) is 85.1 cm³/mol. The van der Waals surface area contributed by atoms with Crippen LogP contribution in [-0.4, -0.2) is 39.4 Å². The second kappa shape index (κ2) is 7.35. The van der Waals surface area contributed by atoms with Gasteiger partial charge in [0.2, 0.25) is 0 Å². The third kappa shape index (κ3) is 4.51. The molecule has 2 N–H and O–H groups in total. The molecule has 0 aliphatic carbocycles. The van der Waals surface area contributed by atoms with Crippen LogP contribution in [0.5, 0.6) is 0 Å². The Hall–Kier alpha value is -0.950. The van der Waals surface area contributed by atoms with Gasteiger partial charge in [0.05, 0.1) is 0 Å². The highest BCUT2D eigenvalue weighted by molar-refractivity contribution is 7.87. The van der Waals surface area contributed by atoms with Crippen molar-refractivity contribution in [3.63, 3.8) is 0 Å². The van der Waals surface area contributed by atoms with Crippen molar-refractivity contribution in [3.8, 4) is 0 Å². The predicted octanol–water partition coefficient (Wildman–Crippen LogP) is 1.51. The van der Waals surface area contributed by atoms with Gasteiger partial charge in [-0.2, -0.15) is 17.4 Å². The minimum atomic E-state index is -3.41. The SMILES string of the molecule is CNCC1CCN(S(=O)(=O)NC(C)c2ccccc2)CC1. The smallest absolute Gasteiger partial charge is 0.279 e. The molecule has 1 saturated heterocycles. The first-order valence-corrected chi connectivity index (χ1v) is 8.94. The summed E-state index contributed by atoms with van der Waals surface area (Å²) in [6, 6.07) is 9.43. The Bertz CT molecular complexity index is 525. The van der Waals surface area contributed by atoms with Crippen LogP contribution in [0.25, 0.3) is 0 Å². The lowest BCUT2D eigenvalue weighted by molar-refractivity contribution is 0.267. The van der Waals surface area contributed by atoms with Gasteiger partial charge in [0.15, 0.2) is 0 Å². The lowest BCUT2D eigenvalue weighted by atomic mass is 9.98.